The first-order chi connectivity index (χ1) is 5.60. The fourth-order valence-electron chi connectivity index (χ4n) is 0.403. The molecule has 0 aromatic carbocycles. The van der Waals surface area contributed by atoms with Crippen molar-refractivity contribution in [2.24, 2.45) is 0 Å². The standard InChI is InChI=1S/C6H13Br2O3P/c1-3-5(7)10-12(9)11-6(8)4-2/h5-6,12H,3-4H2,1-2H3. The number of halogens is 2. The zero-order valence-electron chi connectivity index (χ0n) is 7.05. The largest absolute Gasteiger partial charge is 0.321 e. The predicted molar refractivity (Wildman–Crippen MR) is 57.2 cm³/mol. The molecule has 0 aliphatic rings. The third-order valence-corrected chi connectivity index (χ3v) is 4.40. The Bertz CT molecular complexity index is 131. The fraction of sp³-hybridized carbons (Fsp3) is 1.00. The van der Waals surface area contributed by atoms with Gasteiger partial charge in [-0.2, -0.15) is 0 Å². The quantitative estimate of drug-likeness (QED) is 0.552. The molecule has 0 amide bonds. The van der Waals surface area contributed by atoms with Gasteiger partial charge in [0, 0.05) is 0 Å². The Labute approximate surface area is 90.4 Å². The van der Waals surface area contributed by atoms with Crippen molar-refractivity contribution in [2.75, 3.05) is 0 Å². The number of hydrogen-bond donors (Lipinski definition) is 0. The highest BCUT2D eigenvalue weighted by Gasteiger charge is 2.10. The van der Waals surface area contributed by atoms with Crippen LogP contribution < -0.4 is 0 Å². The lowest BCUT2D eigenvalue weighted by molar-refractivity contribution is 0.203. The van der Waals surface area contributed by atoms with Crippen molar-refractivity contribution < 1.29 is 13.6 Å². The van der Waals surface area contributed by atoms with E-state index in [4.69, 9.17) is 9.05 Å². The average molecular weight is 324 g/mol. The van der Waals surface area contributed by atoms with Crippen molar-refractivity contribution >= 4 is 40.1 Å². The maximum absolute atomic E-state index is 11.1. The summed E-state index contributed by atoms with van der Waals surface area (Å²) in [6.07, 6.45) is 1.53. The molecule has 0 aliphatic carbocycles. The van der Waals surface area contributed by atoms with Gasteiger partial charge in [-0.25, -0.2) is 0 Å². The summed E-state index contributed by atoms with van der Waals surface area (Å²) >= 11 is 6.39. The van der Waals surface area contributed by atoms with E-state index in [-0.39, 0.29) is 10.0 Å². The summed E-state index contributed by atoms with van der Waals surface area (Å²) in [6.45, 7) is 3.86. The van der Waals surface area contributed by atoms with E-state index in [2.05, 4.69) is 31.9 Å². The molecule has 12 heavy (non-hydrogen) atoms. The van der Waals surface area contributed by atoms with Gasteiger partial charge in [-0.15, -0.1) is 0 Å². The Morgan fingerprint density at radius 3 is 1.75 bits per heavy atom. The Hall–Kier alpha value is 1.11. The summed E-state index contributed by atoms with van der Waals surface area (Å²) in [5.41, 5.74) is 0. The minimum absolute atomic E-state index is 0.180. The molecule has 0 aliphatic heterocycles. The van der Waals surface area contributed by atoms with Gasteiger partial charge in [-0.05, 0) is 12.8 Å². The van der Waals surface area contributed by atoms with E-state index >= 15 is 0 Å². The molecule has 0 saturated carbocycles. The van der Waals surface area contributed by atoms with Crippen molar-refractivity contribution in [3.05, 3.63) is 0 Å². The molecular formula is C6H13Br2O3P. The zero-order valence-corrected chi connectivity index (χ0v) is 11.2. The highest BCUT2D eigenvalue weighted by Crippen LogP contribution is 2.33. The lowest BCUT2D eigenvalue weighted by Gasteiger charge is -2.11. The minimum atomic E-state index is -2.36. The first-order valence-corrected chi connectivity index (χ1v) is 6.81. The number of hydrogen-bond acceptors (Lipinski definition) is 3. The molecule has 0 spiro atoms. The van der Waals surface area contributed by atoms with Crippen LogP contribution in [0.2, 0.25) is 0 Å². The molecule has 0 heterocycles. The summed E-state index contributed by atoms with van der Waals surface area (Å²) in [5.74, 6) is 0. The Kier molecular flexibility index (Phi) is 8.20. The molecule has 6 heteroatoms. The average Bonchev–Trinajstić information content (AvgIpc) is 2.03. The molecule has 0 saturated heterocycles. The van der Waals surface area contributed by atoms with E-state index < -0.39 is 8.25 Å². The van der Waals surface area contributed by atoms with E-state index in [1.807, 2.05) is 13.8 Å². The van der Waals surface area contributed by atoms with Crippen LogP contribution in [0.5, 0.6) is 0 Å². The van der Waals surface area contributed by atoms with Crippen LogP contribution in [0.3, 0.4) is 0 Å². The minimum Gasteiger partial charge on any atom is -0.296 e. The van der Waals surface area contributed by atoms with E-state index in [0.717, 1.165) is 12.8 Å². The van der Waals surface area contributed by atoms with Crippen LogP contribution in [-0.2, 0) is 13.6 Å². The van der Waals surface area contributed by atoms with Crippen molar-refractivity contribution in [1.29, 1.82) is 0 Å². The van der Waals surface area contributed by atoms with Crippen LogP contribution in [0.4, 0.5) is 0 Å². The second-order valence-corrected chi connectivity index (χ2v) is 5.14. The lowest BCUT2D eigenvalue weighted by Crippen LogP contribution is -2.00. The monoisotopic (exact) mass is 322 g/mol. The van der Waals surface area contributed by atoms with Gasteiger partial charge in [-0.3, -0.25) is 13.6 Å². The van der Waals surface area contributed by atoms with Gasteiger partial charge in [0.15, 0.2) is 0 Å². The molecule has 0 N–H and O–H groups in total. The Morgan fingerprint density at radius 1 is 1.17 bits per heavy atom. The Balaban J connectivity index is 3.59. The van der Waals surface area contributed by atoms with Gasteiger partial charge in [0.25, 0.3) is 0 Å². The highest BCUT2D eigenvalue weighted by atomic mass is 79.9. The van der Waals surface area contributed by atoms with Crippen LogP contribution in [0, 0.1) is 0 Å². The molecule has 0 aromatic rings. The van der Waals surface area contributed by atoms with Crippen molar-refractivity contribution in [1.82, 2.24) is 0 Å². The van der Waals surface area contributed by atoms with Gasteiger partial charge in [0.1, 0.15) is 10.0 Å². The van der Waals surface area contributed by atoms with Gasteiger partial charge in [-0.1, -0.05) is 45.7 Å². The van der Waals surface area contributed by atoms with E-state index in [1.54, 1.807) is 0 Å². The summed E-state index contributed by atoms with van der Waals surface area (Å²) in [6, 6.07) is 0. The van der Waals surface area contributed by atoms with Crippen LogP contribution in [0.1, 0.15) is 26.7 Å². The highest BCUT2D eigenvalue weighted by molar-refractivity contribution is 9.09. The van der Waals surface area contributed by atoms with Gasteiger partial charge in [0.05, 0.1) is 0 Å². The second-order valence-electron chi connectivity index (χ2n) is 2.12. The molecule has 0 rings (SSSR count). The third-order valence-electron chi connectivity index (χ3n) is 1.09. The topological polar surface area (TPSA) is 35.5 Å². The molecule has 0 radical (unpaired) electrons. The zero-order chi connectivity index (χ0) is 9.56. The summed E-state index contributed by atoms with van der Waals surface area (Å²) in [7, 11) is -2.36. The Morgan fingerprint density at radius 2 is 1.50 bits per heavy atom. The fourth-order valence-corrected chi connectivity index (χ4v) is 2.13. The number of rotatable bonds is 6. The SMILES string of the molecule is CCC(Br)O[PH](=O)OC(Br)CC. The van der Waals surface area contributed by atoms with E-state index in [1.165, 1.54) is 0 Å². The predicted octanol–water partition coefficient (Wildman–Crippen LogP) is 3.67. The van der Waals surface area contributed by atoms with Crippen molar-refractivity contribution in [3.63, 3.8) is 0 Å². The molecule has 0 bridgehead atoms. The van der Waals surface area contributed by atoms with Crippen LogP contribution in [0.15, 0.2) is 0 Å². The van der Waals surface area contributed by atoms with Crippen molar-refractivity contribution in [3.8, 4) is 0 Å². The van der Waals surface area contributed by atoms with E-state index in [9.17, 15) is 4.57 Å². The summed E-state index contributed by atoms with van der Waals surface area (Å²) < 4.78 is 21.0. The first-order valence-electron chi connectivity index (χ1n) is 3.75. The molecule has 3 nitrogen and oxygen atoms in total. The normalized spacial score (nSPS) is 18.7. The smallest absolute Gasteiger partial charge is 0.296 e. The molecular weight excluding hydrogens is 311 g/mol. The van der Waals surface area contributed by atoms with Crippen LogP contribution in [0.25, 0.3) is 0 Å². The molecule has 74 valence electrons. The maximum Gasteiger partial charge on any atom is 0.321 e. The van der Waals surface area contributed by atoms with E-state index in [0.29, 0.717) is 0 Å². The second kappa shape index (κ2) is 7.51. The molecule has 2 unspecified atom stereocenters. The molecule has 0 aromatic heterocycles. The first kappa shape index (κ1) is 13.1. The lowest BCUT2D eigenvalue weighted by atomic mass is 10.5. The van der Waals surface area contributed by atoms with Crippen LogP contribution >= 0.6 is 40.1 Å². The third kappa shape index (κ3) is 6.61. The van der Waals surface area contributed by atoms with Gasteiger partial charge < -0.3 is 0 Å². The van der Waals surface area contributed by atoms with Gasteiger partial charge in [0.2, 0.25) is 0 Å². The summed E-state index contributed by atoms with van der Waals surface area (Å²) in [4.78, 5) is 0. The number of alkyl halides is 2. The van der Waals surface area contributed by atoms with Crippen LogP contribution in [-0.4, -0.2) is 10.0 Å². The van der Waals surface area contributed by atoms with Crippen molar-refractivity contribution in [2.45, 2.75) is 36.7 Å². The molecule has 0 fully saturated rings. The van der Waals surface area contributed by atoms with Gasteiger partial charge >= 0.3 is 8.25 Å². The summed E-state index contributed by atoms with van der Waals surface area (Å²) in [5, 5.41) is -0.360. The molecule has 2 atom stereocenters. The maximum atomic E-state index is 11.1.